The van der Waals surface area contributed by atoms with Crippen LogP contribution in [-0.2, 0) is 9.47 Å². The van der Waals surface area contributed by atoms with E-state index >= 15 is 0 Å². The van der Waals surface area contributed by atoms with Crippen molar-refractivity contribution >= 4 is 40.6 Å². The second-order valence-corrected chi connectivity index (χ2v) is 7.24. The molecule has 0 unspecified atom stereocenters. The molecule has 3 rings (SSSR count). The van der Waals surface area contributed by atoms with Crippen LogP contribution in [0.25, 0.3) is 0 Å². The van der Waals surface area contributed by atoms with E-state index in [0.717, 1.165) is 5.69 Å². The second kappa shape index (κ2) is 10.8. The van der Waals surface area contributed by atoms with Crippen molar-refractivity contribution in [2.24, 2.45) is 0 Å². The third-order valence-electron chi connectivity index (χ3n) is 4.86. The summed E-state index contributed by atoms with van der Waals surface area (Å²) in [6, 6.07) is 9.97. The zero-order chi connectivity index (χ0) is 23.1. The number of thiocarbonyl (C=S) groups is 1. The lowest BCUT2D eigenvalue weighted by molar-refractivity contribution is 0.0600. The smallest absolute Gasteiger partial charge is 0.337 e. The number of methoxy groups -OCH3 is 3. The summed E-state index contributed by atoms with van der Waals surface area (Å²) >= 11 is 5.37. The van der Waals surface area contributed by atoms with Crippen molar-refractivity contribution in [3.63, 3.8) is 0 Å². The van der Waals surface area contributed by atoms with Gasteiger partial charge in [-0.2, -0.15) is 0 Å². The molecule has 170 valence electrons. The van der Waals surface area contributed by atoms with Crippen LogP contribution in [0.5, 0.6) is 11.5 Å². The first kappa shape index (κ1) is 23.3. The molecule has 10 heteroatoms. The fourth-order valence-corrected chi connectivity index (χ4v) is 3.43. The molecule has 0 bridgehead atoms. The van der Waals surface area contributed by atoms with Crippen molar-refractivity contribution < 1.29 is 28.5 Å². The van der Waals surface area contributed by atoms with E-state index in [4.69, 9.17) is 31.2 Å². The Morgan fingerprint density at radius 2 is 1.62 bits per heavy atom. The number of nitrogens with zero attached hydrogens (tertiary/aromatic N) is 1. The van der Waals surface area contributed by atoms with E-state index < -0.39 is 11.9 Å². The summed E-state index contributed by atoms with van der Waals surface area (Å²) in [6.07, 6.45) is 0. The fraction of sp³-hybridized carbons (Fsp3) is 0.318. The summed E-state index contributed by atoms with van der Waals surface area (Å²) < 4.78 is 20.7. The Labute approximate surface area is 191 Å². The number of carbonyl (C=O) groups excluding carboxylic acids is 2. The molecule has 0 aliphatic carbocycles. The zero-order valence-corrected chi connectivity index (χ0v) is 18.9. The number of rotatable bonds is 6. The molecule has 0 radical (unpaired) electrons. The maximum absolute atomic E-state index is 12.7. The number of hydrogen-bond acceptors (Lipinski definition) is 8. The molecule has 1 aliphatic heterocycles. The van der Waals surface area contributed by atoms with E-state index in [1.165, 1.54) is 21.3 Å². The van der Waals surface area contributed by atoms with Gasteiger partial charge in [-0.1, -0.05) is 0 Å². The van der Waals surface area contributed by atoms with Gasteiger partial charge in [0, 0.05) is 24.7 Å². The Morgan fingerprint density at radius 1 is 0.969 bits per heavy atom. The van der Waals surface area contributed by atoms with Gasteiger partial charge in [-0.25, -0.2) is 4.79 Å². The Kier molecular flexibility index (Phi) is 7.85. The highest BCUT2D eigenvalue weighted by Crippen LogP contribution is 2.29. The van der Waals surface area contributed by atoms with Gasteiger partial charge in [0.2, 0.25) is 0 Å². The topological polar surface area (TPSA) is 98.4 Å². The molecule has 0 atom stereocenters. The largest absolute Gasteiger partial charge is 0.497 e. The highest BCUT2D eigenvalue weighted by atomic mass is 32.1. The van der Waals surface area contributed by atoms with E-state index in [2.05, 4.69) is 15.5 Å². The number of ether oxygens (including phenoxy) is 4. The number of benzene rings is 2. The van der Waals surface area contributed by atoms with Gasteiger partial charge in [-0.15, -0.1) is 0 Å². The Morgan fingerprint density at radius 3 is 2.22 bits per heavy atom. The number of esters is 1. The van der Waals surface area contributed by atoms with Crippen molar-refractivity contribution in [3.05, 3.63) is 47.5 Å². The van der Waals surface area contributed by atoms with E-state index in [-0.39, 0.29) is 5.11 Å². The van der Waals surface area contributed by atoms with Gasteiger partial charge in [-0.05, 0) is 42.5 Å². The molecule has 32 heavy (non-hydrogen) atoms. The van der Waals surface area contributed by atoms with Gasteiger partial charge in [0.1, 0.15) is 11.5 Å². The first-order valence-electron chi connectivity index (χ1n) is 9.85. The minimum atomic E-state index is -0.472. The maximum Gasteiger partial charge on any atom is 0.337 e. The molecular formula is C22H25N3O6S. The van der Waals surface area contributed by atoms with Gasteiger partial charge >= 0.3 is 5.97 Å². The van der Waals surface area contributed by atoms with Crippen molar-refractivity contribution in [1.82, 2.24) is 5.32 Å². The predicted octanol–water partition coefficient (Wildman–Crippen LogP) is 2.45. The van der Waals surface area contributed by atoms with Crippen LogP contribution in [0.15, 0.2) is 36.4 Å². The van der Waals surface area contributed by atoms with Crippen LogP contribution in [0.4, 0.5) is 11.4 Å². The number of amides is 1. The molecule has 2 aromatic rings. The quantitative estimate of drug-likeness (QED) is 0.499. The molecule has 0 saturated carbocycles. The average Bonchev–Trinajstić information content (AvgIpc) is 2.83. The lowest BCUT2D eigenvalue weighted by Crippen LogP contribution is -2.38. The Balaban J connectivity index is 1.81. The third-order valence-corrected chi connectivity index (χ3v) is 5.06. The Bertz CT molecular complexity index is 985. The minimum Gasteiger partial charge on any atom is -0.497 e. The van der Waals surface area contributed by atoms with E-state index in [0.29, 0.717) is 54.6 Å². The summed E-state index contributed by atoms with van der Waals surface area (Å²) in [5, 5.41) is 5.76. The lowest BCUT2D eigenvalue weighted by Gasteiger charge is -2.31. The van der Waals surface area contributed by atoms with Crippen LogP contribution in [0, 0.1) is 0 Å². The van der Waals surface area contributed by atoms with E-state index in [1.54, 1.807) is 30.3 Å². The van der Waals surface area contributed by atoms with E-state index in [9.17, 15) is 9.59 Å². The summed E-state index contributed by atoms with van der Waals surface area (Å²) in [4.78, 5) is 26.9. The molecule has 9 nitrogen and oxygen atoms in total. The van der Waals surface area contributed by atoms with Gasteiger partial charge < -0.3 is 29.2 Å². The third kappa shape index (κ3) is 5.65. The summed E-state index contributed by atoms with van der Waals surface area (Å²) in [5.41, 5.74) is 2.09. The highest BCUT2D eigenvalue weighted by molar-refractivity contribution is 7.80. The lowest BCUT2D eigenvalue weighted by atomic mass is 10.1. The first-order chi connectivity index (χ1) is 15.4. The highest BCUT2D eigenvalue weighted by Gasteiger charge is 2.19. The van der Waals surface area contributed by atoms with Crippen molar-refractivity contribution in [2.75, 3.05) is 57.8 Å². The molecule has 1 heterocycles. The van der Waals surface area contributed by atoms with Crippen molar-refractivity contribution in [1.29, 1.82) is 0 Å². The molecule has 1 saturated heterocycles. The van der Waals surface area contributed by atoms with Crippen LogP contribution in [0.2, 0.25) is 0 Å². The molecule has 1 aliphatic rings. The van der Waals surface area contributed by atoms with Gasteiger partial charge in [0.25, 0.3) is 5.91 Å². The molecule has 1 amide bonds. The van der Waals surface area contributed by atoms with Crippen LogP contribution >= 0.6 is 12.2 Å². The summed E-state index contributed by atoms with van der Waals surface area (Å²) in [7, 11) is 4.33. The monoisotopic (exact) mass is 459 g/mol. The average molecular weight is 460 g/mol. The maximum atomic E-state index is 12.7. The zero-order valence-electron chi connectivity index (χ0n) is 18.1. The molecule has 2 N–H and O–H groups in total. The van der Waals surface area contributed by atoms with Gasteiger partial charge in [0.15, 0.2) is 5.11 Å². The minimum absolute atomic E-state index is 0.0771. The van der Waals surface area contributed by atoms with Crippen LogP contribution in [-0.4, -0.2) is 64.6 Å². The van der Waals surface area contributed by atoms with Crippen molar-refractivity contribution in [2.45, 2.75) is 0 Å². The molecule has 2 aromatic carbocycles. The predicted molar refractivity (Wildman–Crippen MR) is 124 cm³/mol. The fourth-order valence-electron chi connectivity index (χ4n) is 3.23. The summed E-state index contributed by atoms with van der Waals surface area (Å²) in [5.74, 6) is 0.0549. The van der Waals surface area contributed by atoms with E-state index in [1.807, 2.05) is 6.07 Å². The van der Waals surface area contributed by atoms with Crippen LogP contribution < -0.4 is 25.0 Å². The number of hydrogen-bond donors (Lipinski definition) is 2. The SMILES string of the molecule is COC(=O)c1ccc(N2CCOCC2)c(NC(=S)NC(=O)c2cc(OC)cc(OC)c2)c1. The van der Waals surface area contributed by atoms with Gasteiger partial charge in [-0.3, -0.25) is 10.1 Å². The number of carbonyl (C=O) groups is 2. The van der Waals surface area contributed by atoms with Crippen LogP contribution in [0.1, 0.15) is 20.7 Å². The normalized spacial score (nSPS) is 13.2. The molecule has 1 fully saturated rings. The number of anilines is 2. The number of morpholine rings is 1. The van der Waals surface area contributed by atoms with Crippen molar-refractivity contribution in [3.8, 4) is 11.5 Å². The number of nitrogens with one attached hydrogen (secondary N) is 2. The molecule has 0 spiro atoms. The molecular weight excluding hydrogens is 434 g/mol. The summed E-state index contributed by atoms with van der Waals surface area (Å²) in [6.45, 7) is 2.57. The van der Waals surface area contributed by atoms with Crippen LogP contribution in [0.3, 0.4) is 0 Å². The molecule has 0 aromatic heterocycles. The Hall–Kier alpha value is -3.37. The second-order valence-electron chi connectivity index (χ2n) is 6.83. The first-order valence-corrected chi connectivity index (χ1v) is 10.3. The standard InChI is InChI=1S/C22H25N3O6S/c1-28-16-10-15(11-17(13-16)29-2)20(26)24-22(32)23-18-12-14(21(27)30-3)4-5-19(18)25-6-8-31-9-7-25/h4-5,10-13H,6-9H2,1-3H3,(H2,23,24,26,32). The van der Waals surface area contributed by atoms with Gasteiger partial charge in [0.05, 0.1) is 51.5 Å².